The average molecular weight is 525 g/mol. The van der Waals surface area contributed by atoms with Crippen molar-refractivity contribution in [1.29, 1.82) is 0 Å². The van der Waals surface area contributed by atoms with Gasteiger partial charge in [-0.1, -0.05) is 35.1 Å². The molecule has 2 aliphatic heterocycles. The second-order valence-electron chi connectivity index (χ2n) is 8.21. The summed E-state index contributed by atoms with van der Waals surface area (Å²) in [6, 6.07) is 7.51. The fraction of sp³-hybridized carbons (Fsp3) is 0.261. The van der Waals surface area contributed by atoms with Gasteiger partial charge in [-0.25, -0.2) is 4.39 Å². The molecule has 0 saturated carbocycles. The van der Waals surface area contributed by atoms with Crippen LogP contribution >= 0.6 is 22.9 Å². The summed E-state index contributed by atoms with van der Waals surface area (Å²) >= 11 is 6.50. The van der Waals surface area contributed by atoms with Gasteiger partial charge in [-0.05, 0) is 40.6 Å². The molecule has 0 amide bonds. The van der Waals surface area contributed by atoms with E-state index < -0.39 is 34.7 Å². The van der Waals surface area contributed by atoms with Crippen molar-refractivity contribution in [3.63, 3.8) is 0 Å². The molecule has 2 aliphatic rings. The number of hydrogen-bond acceptors (Lipinski definition) is 6. The molecule has 2 aromatic carbocycles. The molecule has 0 unspecified atom stereocenters. The van der Waals surface area contributed by atoms with Gasteiger partial charge < -0.3 is 10.4 Å². The predicted molar refractivity (Wildman–Crippen MR) is 125 cm³/mol. The first-order chi connectivity index (χ1) is 16.6. The van der Waals surface area contributed by atoms with E-state index in [0.29, 0.717) is 27.5 Å². The number of fused-ring (bicyclic) bond motifs is 1. The monoisotopic (exact) mass is 524 g/mol. The van der Waals surface area contributed by atoms with Crippen LogP contribution in [-0.4, -0.2) is 35.1 Å². The molecule has 1 fully saturated rings. The van der Waals surface area contributed by atoms with E-state index in [1.165, 1.54) is 18.3 Å². The van der Waals surface area contributed by atoms with Gasteiger partial charge in [0.1, 0.15) is 6.17 Å². The number of benzene rings is 2. The Morgan fingerprint density at radius 3 is 2.74 bits per heavy atom. The fourth-order valence-corrected chi connectivity index (χ4v) is 5.48. The van der Waals surface area contributed by atoms with Gasteiger partial charge in [0.2, 0.25) is 5.88 Å². The second-order valence-corrected chi connectivity index (χ2v) is 9.60. The van der Waals surface area contributed by atoms with Crippen molar-refractivity contribution in [2.45, 2.75) is 24.8 Å². The lowest BCUT2D eigenvalue weighted by Crippen LogP contribution is -2.26. The van der Waals surface area contributed by atoms with E-state index in [-0.39, 0.29) is 40.5 Å². The Balaban J connectivity index is 1.73. The highest BCUT2D eigenvalue weighted by Crippen LogP contribution is 2.38. The van der Waals surface area contributed by atoms with E-state index in [0.717, 1.165) is 10.6 Å². The molecule has 182 valence electrons. The van der Waals surface area contributed by atoms with E-state index >= 15 is 0 Å². The zero-order valence-electron chi connectivity index (χ0n) is 17.8. The minimum absolute atomic E-state index is 0.0334. The van der Waals surface area contributed by atoms with E-state index in [2.05, 4.69) is 15.5 Å². The standard InChI is InChI=1S/C23H17ClF4N4O2S/c24-14-3-1-12(16(7-14)23(26,27)28)6-15(11-2-4-18-13(5-11)8-30-31-18)20-21(33)32(22(34)35-20)19-10-29-9-17(19)25/h1-5,7-8,17,19,29,33H,6,9-10H2/t17-,19+/m1/s1. The van der Waals surface area contributed by atoms with Gasteiger partial charge in [-0.15, -0.1) is 0 Å². The van der Waals surface area contributed by atoms with Crippen LogP contribution in [0.2, 0.25) is 5.02 Å². The molecule has 2 atom stereocenters. The summed E-state index contributed by atoms with van der Waals surface area (Å²) in [5, 5.41) is 22.6. The third kappa shape index (κ3) is 4.39. The number of aromatic nitrogens is 1. The molecule has 0 aliphatic carbocycles. The molecule has 12 heteroatoms. The van der Waals surface area contributed by atoms with E-state index in [4.69, 9.17) is 11.6 Å². The first-order valence-electron chi connectivity index (χ1n) is 10.5. The highest BCUT2D eigenvalue weighted by molar-refractivity contribution is 7.10. The van der Waals surface area contributed by atoms with Gasteiger partial charge in [0, 0.05) is 30.1 Å². The van der Waals surface area contributed by atoms with Crippen molar-refractivity contribution >= 4 is 34.7 Å². The minimum atomic E-state index is -4.67. The quantitative estimate of drug-likeness (QED) is 0.515. The van der Waals surface area contributed by atoms with Gasteiger partial charge in [0.05, 0.1) is 28.1 Å². The summed E-state index contributed by atoms with van der Waals surface area (Å²) in [4.78, 5) is 12.3. The largest absolute Gasteiger partial charge is 0.493 e. The molecule has 35 heavy (non-hydrogen) atoms. The summed E-state index contributed by atoms with van der Waals surface area (Å²) in [5.74, 6) is -0.479. The number of rotatable bonds is 4. The fourth-order valence-electron chi connectivity index (χ4n) is 4.31. The normalized spacial score (nSPS) is 20.1. The molecule has 5 rings (SSSR count). The number of thiazole rings is 1. The van der Waals surface area contributed by atoms with Crippen LogP contribution in [0, 0.1) is 0 Å². The summed E-state index contributed by atoms with van der Waals surface area (Å²) in [7, 11) is 0. The summed E-state index contributed by atoms with van der Waals surface area (Å²) in [6.45, 7) is 0.179. The number of nitrogens with zero attached hydrogens (tertiary/aromatic N) is 3. The number of alkyl halides is 4. The van der Waals surface area contributed by atoms with Crippen LogP contribution in [0.4, 0.5) is 17.6 Å². The number of halogens is 5. The maximum Gasteiger partial charge on any atom is 0.416 e. The Kier molecular flexibility index (Phi) is 6.02. The van der Waals surface area contributed by atoms with Crippen LogP contribution in [0.15, 0.2) is 51.4 Å². The molecule has 3 heterocycles. The minimum Gasteiger partial charge on any atom is -0.493 e. The number of hydrogen-bond donors (Lipinski definition) is 2. The molecule has 1 aromatic heterocycles. The van der Waals surface area contributed by atoms with Crippen molar-refractivity contribution in [2.24, 2.45) is 10.2 Å². The lowest BCUT2D eigenvalue weighted by atomic mass is 9.96. The zero-order chi connectivity index (χ0) is 24.9. The van der Waals surface area contributed by atoms with Gasteiger partial charge in [0.25, 0.3) is 0 Å². The number of nitrogens with one attached hydrogen (secondary N) is 1. The smallest absolute Gasteiger partial charge is 0.416 e. The third-order valence-corrected chi connectivity index (χ3v) is 7.26. The molecule has 1 saturated heterocycles. The van der Waals surface area contributed by atoms with Crippen molar-refractivity contribution in [3.05, 3.63) is 83.2 Å². The van der Waals surface area contributed by atoms with E-state index in [1.54, 1.807) is 18.2 Å². The van der Waals surface area contributed by atoms with Crippen molar-refractivity contribution in [1.82, 2.24) is 9.88 Å². The third-order valence-electron chi connectivity index (χ3n) is 6.02. The lowest BCUT2D eigenvalue weighted by Gasteiger charge is -2.16. The van der Waals surface area contributed by atoms with Crippen molar-refractivity contribution in [3.8, 4) is 5.88 Å². The maximum atomic E-state index is 14.4. The summed E-state index contributed by atoms with van der Waals surface area (Å²) in [6.07, 6.45) is -4.83. The molecule has 0 spiro atoms. The van der Waals surface area contributed by atoms with Gasteiger partial charge >= 0.3 is 11.0 Å². The van der Waals surface area contributed by atoms with Crippen molar-refractivity contribution < 1.29 is 22.7 Å². The van der Waals surface area contributed by atoms with Crippen LogP contribution in [0.25, 0.3) is 5.57 Å². The SMILES string of the molecule is O=c1sc(C(Cc2ccc(Cl)cc2C(F)(F)F)=c2ccc3c(c2)C=NN=3)c(O)n1[C@H]1CNC[C@H]1F. The van der Waals surface area contributed by atoms with Crippen LogP contribution in [0.5, 0.6) is 5.88 Å². The lowest BCUT2D eigenvalue weighted by molar-refractivity contribution is -0.138. The molecule has 0 radical (unpaired) electrons. The molecule has 0 bridgehead atoms. The Morgan fingerprint density at radius 1 is 1.23 bits per heavy atom. The van der Waals surface area contributed by atoms with E-state index in [9.17, 15) is 27.5 Å². The van der Waals surface area contributed by atoms with Gasteiger partial charge in [0.15, 0.2) is 0 Å². The van der Waals surface area contributed by atoms with Crippen LogP contribution in [0.1, 0.15) is 27.6 Å². The Bertz CT molecular complexity index is 1530. The second kappa shape index (κ2) is 8.89. The van der Waals surface area contributed by atoms with Crippen LogP contribution < -0.4 is 20.8 Å². The first-order valence-corrected chi connectivity index (χ1v) is 11.7. The number of aromatic hydroxyl groups is 1. The maximum absolute atomic E-state index is 14.4. The molecular weight excluding hydrogens is 508 g/mol. The van der Waals surface area contributed by atoms with Crippen LogP contribution in [0.3, 0.4) is 0 Å². The topological polar surface area (TPSA) is 79.0 Å². The first kappa shape index (κ1) is 23.7. The Hall–Kier alpha value is -3.02. The molecule has 3 aromatic rings. The van der Waals surface area contributed by atoms with Gasteiger partial charge in [-0.3, -0.25) is 9.36 Å². The summed E-state index contributed by atoms with van der Waals surface area (Å²) < 4.78 is 56.8. The molecule has 6 nitrogen and oxygen atoms in total. The summed E-state index contributed by atoms with van der Waals surface area (Å²) in [5.41, 5.74) is -0.0911. The highest BCUT2D eigenvalue weighted by Gasteiger charge is 2.36. The average Bonchev–Trinajstić information content (AvgIpc) is 3.51. The predicted octanol–water partition coefficient (Wildman–Crippen LogP) is 3.18. The molecular formula is C23H17ClF4N4O2S. The van der Waals surface area contributed by atoms with Crippen LogP contribution in [-0.2, 0) is 12.6 Å². The van der Waals surface area contributed by atoms with Gasteiger partial charge in [-0.2, -0.15) is 23.4 Å². The highest BCUT2D eigenvalue weighted by atomic mass is 35.5. The van der Waals surface area contributed by atoms with Crippen molar-refractivity contribution in [2.75, 3.05) is 13.1 Å². The van der Waals surface area contributed by atoms with E-state index in [1.807, 2.05) is 0 Å². The Labute approximate surface area is 204 Å². The zero-order valence-corrected chi connectivity index (χ0v) is 19.4. The molecule has 2 N–H and O–H groups in total. The Morgan fingerprint density at radius 2 is 2.03 bits per heavy atom.